The van der Waals surface area contributed by atoms with Crippen molar-refractivity contribution < 1.29 is 0 Å². The average Bonchev–Trinajstić information content (AvgIpc) is 1.86. The predicted octanol–water partition coefficient (Wildman–Crippen LogP) is -0.0909. The summed E-state index contributed by atoms with van der Waals surface area (Å²) in [4.78, 5) is 0. The molecule has 0 spiro atoms. The number of hydrogen-bond donors (Lipinski definition) is 0. The molecule has 1 nitrogen and oxygen atoms in total. The second kappa shape index (κ2) is 1.01. The number of rotatable bonds is 0. The van der Waals surface area contributed by atoms with Crippen LogP contribution in [0.25, 0.3) is 0 Å². The highest BCUT2D eigenvalue weighted by molar-refractivity contribution is 5.84. The quantitative estimate of drug-likeness (QED) is 0.284. The summed E-state index contributed by atoms with van der Waals surface area (Å²) >= 11 is 0. The fourth-order valence-corrected chi connectivity index (χ4v) is 0.282. The third kappa shape index (κ3) is 0.337. The van der Waals surface area contributed by atoms with Crippen LogP contribution in [0.3, 0.4) is 0 Å². The molecule has 0 saturated heterocycles. The Morgan fingerprint density at radius 2 is 2.67 bits per heavy atom. The zero-order valence-corrected chi connectivity index (χ0v) is 3.52. The van der Waals surface area contributed by atoms with Gasteiger partial charge in [0.2, 0.25) is 0 Å². The van der Waals surface area contributed by atoms with Crippen LogP contribution in [-0.2, 0) is 0 Å². The molecule has 1 heterocycles. The lowest BCUT2D eigenvalue weighted by atomic mass is 10.4. The van der Waals surface area contributed by atoms with Crippen LogP contribution in [-0.4, -0.2) is 12.1 Å². The molecule has 0 unspecified atom stereocenters. The highest BCUT2D eigenvalue weighted by atomic mass is 14.5. The van der Waals surface area contributed by atoms with Crippen molar-refractivity contribution in [1.82, 2.24) is 4.67 Å². The first-order chi connectivity index (χ1) is 2.89. The van der Waals surface area contributed by atoms with Crippen LogP contribution in [0, 0.1) is 0 Å². The maximum atomic E-state index is 3.64. The van der Waals surface area contributed by atoms with E-state index in [0.29, 0.717) is 0 Å². The van der Waals surface area contributed by atoms with Gasteiger partial charge in [-0.1, -0.05) is 0 Å². The highest BCUT2D eigenvalue weighted by Gasteiger charge is 1.89. The molecule has 0 amide bonds. The topological polar surface area (TPSA) is 14.1 Å². The number of nitrogens with zero attached hydrogens (tertiary/aromatic N) is 1. The summed E-state index contributed by atoms with van der Waals surface area (Å²) in [6.45, 7) is 1.93. The first-order valence-corrected chi connectivity index (χ1v) is 1.77. The molecule has 0 N–H and O–H groups in total. The Balaban J connectivity index is 3.24. The summed E-state index contributed by atoms with van der Waals surface area (Å²) in [5.41, 5.74) is 3.81. The standard InChI is InChI=1S/C5H4N/c1-5-2-3-6-4-5/h4H,1H3/q+1. The first-order valence-electron chi connectivity index (χ1n) is 1.77. The molecule has 1 aliphatic heterocycles. The Hall–Kier alpha value is -0.990. The molecule has 1 aliphatic rings. The molecule has 6 heavy (non-hydrogen) atoms. The Bertz CT molecular complexity index is 182. The SMILES string of the molecule is CC1=C=C=[N+]=C1. The second-order valence-corrected chi connectivity index (χ2v) is 1.18. The minimum atomic E-state index is 1.05. The van der Waals surface area contributed by atoms with Crippen LogP contribution < -0.4 is 4.67 Å². The molecule has 0 atom stereocenters. The average molecular weight is 78.1 g/mol. The molecule has 0 fully saturated rings. The van der Waals surface area contributed by atoms with Gasteiger partial charge in [0.25, 0.3) is 0 Å². The zero-order chi connectivity index (χ0) is 4.41. The Labute approximate surface area is 36.1 Å². The van der Waals surface area contributed by atoms with Crippen LogP contribution in [0.5, 0.6) is 0 Å². The van der Waals surface area contributed by atoms with E-state index in [1.54, 1.807) is 6.21 Å². The third-order valence-corrected chi connectivity index (χ3v) is 0.576. The molecule has 0 aliphatic carbocycles. The van der Waals surface area contributed by atoms with Crippen LogP contribution in [0.15, 0.2) is 11.3 Å². The molecule has 1 rings (SSSR count). The molecule has 0 saturated carbocycles. The molecular weight excluding hydrogens is 74.1 g/mol. The van der Waals surface area contributed by atoms with Gasteiger partial charge in [0.05, 0.1) is 5.57 Å². The van der Waals surface area contributed by atoms with Gasteiger partial charge in [0.15, 0.2) is 0 Å². The van der Waals surface area contributed by atoms with Crippen LogP contribution >= 0.6 is 0 Å². The zero-order valence-electron chi connectivity index (χ0n) is 3.52. The summed E-state index contributed by atoms with van der Waals surface area (Å²) in [7, 11) is 0. The van der Waals surface area contributed by atoms with Crippen molar-refractivity contribution in [1.29, 1.82) is 0 Å². The lowest BCUT2D eigenvalue weighted by molar-refractivity contribution is 1.64. The molecule has 0 bridgehead atoms. The van der Waals surface area contributed by atoms with E-state index in [-0.39, 0.29) is 0 Å². The molecule has 0 aromatic rings. The van der Waals surface area contributed by atoms with Crippen molar-refractivity contribution in [3.8, 4) is 0 Å². The van der Waals surface area contributed by atoms with E-state index in [4.69, 9.17) is 0 Å². The smallest absolute Gasteiger partial charge is 0.0287 e. The van der Waals surface area contributed by atoms with Gasteiger partial charge < -0.3 is 0 Å². The van der Waals surface area contributed by atoms with Gasteiger partial charge >= 0.3 is 12.1 Å². The van der Waals surface area contributed by atoms with Crippen molar-refractivity contribution in [2.45, 2.75) is 6.92 Å². The Morgan fingerprint density at radius 1 is 1.83 bits per heavy atom. The van der Waals surface area contributed by atoms with Crippen LogP contribution in [0.1, 0.15) is 6.92 Å². The van der Waals surface area contributed by atoms with Crippen molar-refractivity contribution in [2.75, 3.05) is 0 Å². The summed E-state index contributed by atoms with van der Waals surface area (Å²) < 4.78 is 3.64. The van der Waals surface area contributed by atoms with E-state index in [2.05, 4.69) is 16.3 Å². The Morgan fingerprint density at radius 3 is 2.83 bits per heavy atom. The summed E-state index contributed by atoms with van der Waals surface area (Å²) in [6, 6.07) is 0. The Kier molecular flexibility index (Phi) is 0.538. The van der Waals surface area contributed by atoms with Crippen molar-refractivity contribution in [3.63, 3.8) is 0 Å². The maximum Gasteiger partial charge on any atom is 0.366 e. The van der Waals surface area contributed by atoms with Crippen molar-refractivity contribution in [3.05, 3.63) is 11.3 Å². The van der Waals surface area contributed by atoms with Gasteiger partial charge in [-0.3, -0.25) is 0 Å². The minimum Gasteiger partial charge on any atom is -0.0287 e. The molecule has 0 aromatic carbocycles. The van der Waals surface area contributed by atoms with Crippen LogP contribution in [0.2, 0.25) is 0 Å². The van der Waals surface area contributed by atoms with Crippen molar-refractivity contribution in [2.24, 2.45) is 0 Å². The fraction of sp³-hybridized carbons (Fsp3) is 0.200. The van der Waals surface area contributed by atoms with E-state index in [1.807, 2.05) is 6.92 Å². The van der Waals surface area contributed by atoms with Crippen LogP contribution in [0.4, 0.5) is 0 Å². The predicted molar refractivity (Wildman–Crippen MR) is 25.9 cm³/mol. The van der Waals surface area contributed by atoms with E-state index in [1.165, 1.54) is 0 Å². The lowest BCUT2D eigenvalue weighted by Crippen LogP contribution is -1.69. The first kappa shape index (κ1) is 3.21. The van der Waals surface area contributed by atoms with Gasteiger partial charge in [-0.05, 0) is 11.6 Å². The van der Waals surface area contributed by atoms with Gasteiger partial charge in [-0.15, -0.1) is 0 Å². The summed E-state index contributed by atoms with van der Waals surface area (Å²) in [5, 5.41) is 0. The fourth-order valence-electron chi connectivity index (χ4n) is 0.282. The second-order valence-electron chi connectivity index (χ2n) is 1.18. The lowest BCUT2D eigenvalue weighted by Gasteiger charge is -1.54. The summed E-state index contributed by atoms with van der Waals surface area (Å²) in [5.74, 6) is 2.55. The van der Waals surface area contributed by atoms with E-state index in [0.717, 1.165) is 5.57 Å². The van der Waals surface area contributed by atoms with E-state index >= 15 is 0 Å². The number of allylic oxidation sites excluding steroid dienone is 1. The van der Waals surface area contributed by atoms with E-state index < -0.39 is 0 Å². The molecule has 1 heteroatoms. The molecule has 0 radical (unpaired) electrons. The molecule has 0 aromatic heterocycles. The monoisotopic (exact) mass is 78.0 g/mol. The molecule has 28 valence electrons. The van der Waals surface area contributed by atoms with Gasteiger partial charge in [0, 0.05) is 5.73 Å². The largest absolute Gasteiger partial charge is 0.366 e. The highest BCUT2D eigenvalue weighted by Crippen LogP contribution is 1.76. The molecular formula is C5H4N+. The van der Waals surface area contributed by atoms with Gasteiger partial charge in [0.1, 0.15) is 0 Å². The maximum absolute atomic E-state index is 3.64. The summed E-state index contributed by atoms with van der Waals surface area (Å²) in [6.07, 6.45) is 1.72. The van der Waals surface area contributed by atoms with E-state index in [9.17, 15) is 0 Å². The normalized spacial score (nSPS) is 13.2. The number of hydrogen-bond acceptors (Lipinski definition) is 0. The minimum absolute atomic E-state index is 1.05. The van der Waals surface area contributed by atoms with Gasteiger partial charge in [-0.25, -0.2) is 0 Å². The van der Waals surface area contributed by atoms with Gasteiger partial charge in [-0.2, -0.15) is 0 Å². The third-order valence-electron chi connectivity index (χ3n) is 0.576. The van der Waals surface area contributed by atoms with Crippen molar-refractivity contribution >= 4 is 12.1 Å².